The maximum Gasteiger partial charge on any atom is 0.175 e. The van der Waals surface area contributed by atoms with Crippen molar-refractivity contribution in [2.75, 3.05) is 46.0 Å². The third kappa shape index (κ3) is 9.56. The third-order valence-corrected chi connectivity index (χ3v) is 5.44. The molecule has 1 aliphatic heterocycles. The lowest BCUT2D eigenvalue weighted by Crippen LogP contribution is -2.37. The van der Waals surface area contributed by atoms with Gasteiger partial charge in [-0.3, -0.25) is 4.90 Å². The van der Waals surface area contributed by atoms with Crippen LogP contribution in [0.25, 0.3) is 0 Å². The fourth-order valence-electron chi connectivity index (χ4n) is 3.34. The van der Waals surface area contributed by atoms with E-state index in [1.807, 2.05) is 25.1 Å². The number of nitrogens with zero attached hydrogens (tertiary/aromatic N) is 1. The summed E-state index contributed by atoms with van der Waals surface area (Å²) in [6.45, 7) is 9.85. The maximum absolute atomic E-state index is 6.06. The Morgan fingerprint density at radius 1 is 1.03 bits per heavy atom. The molecule has 0 atom stereocenters. The summed E-state index contributed by atoms with van der Waals surface area (Å²) < 4.78 is 18.2. The van der Waals surface area contributed by atoms with Crippen LogP contribution in [0, 0.1) is 0 Å². The molecule has 1 heterocycles. The highest BCUT2D eigenvalue weighted by molar-refractivity contribution is 9.10. The molecule has 0 spiro atoms. The molecular formula is C23H33BrCl2N2O3. The molecule has 0 amide bonds. The van der Waals surface area contributed by atoms with Crippen molar-refractivity contribution >= 4 is 40.7 Å². The van der Waals surface area contributed by atoms with Crippen LogP contribution in [0.15, 0.2) is 46.9 Å². The van der Waals surface area contributed by atoms with Crippen LogP contribution in [0.5, 0.6) is 11.5 Å². The molecule has 174 valence electrons. The van der Waals surface area contributed by atoms with Crippen LogP contribution in [0.3, 0.4) is 0 Å². The Hall–Kier alpha value is -1.02. The first kappa shape index (κ1) is 28.0. The number of ether oxygens (including phenoxy) is 3. The fraction of sp³-hybridized carbons (Fsp3) is 0.478. The van der Waals surface area contributed by atoms with Crippen LogP contribution in [-0.2, 0) is 17.9 Å². The van der Waals surface area contributed by atoms with Gasteiger partial charge in [0.25, 0.3) is 0 Å². The summed E-state index contributed by atoms with van der Waals surface area (Å²) in [4.78, 5) is 2.47. The summed E-state index contributed by atoms with van der Waals surface area (Å²) in [5.74, 6) is 1.54. The Bertz CT molecular complexity index is 747. The number of hydrogen-bond acceptors (Lipinski definition) is 5. The molecule has 0 saturated carbocycles. The first-order valence-electron chi connectivity index (χ1n) is 10.4. The zero-order valence-corrected chi connectivity index (χ0v) is 21.2. The van der Waals surface area contributed by atoms with Gasteiger partial charge in [0.15, 0.2) is 11.5 Å². The molecule has 0 aliphatic carbocycles. The quantitative estimate of drug-likeness (QED) is 0.406. The normalized spacial score (nSPS) is 13.7. The fourth-order valence-corrected chi connectivity index (χ4v) is 3.95. The second-order valence-corrected chi connectivity index (χ2v) is 7.95. The van der Waals surface area contributed by atoms with Crippen molar-refractivity contribution in [2.24, 2.45) is 0 Å². The third-order valence-electron chi connectivity index (χ3n) is 4.86. The Morgan fingerprint density at radius 2 is 1.77 bits per heavy atom. The van der Waals surface area contributed by atoms with Crippen molar-refractivity contribution in [1.29, 1.82) is 0 Å². The first-order valence-corrected chi connectivity index (χ1v) is 11.2. The van der Waals surface area contributed by atoms with Crippen LogP contribution in [-0.4, -0.2) is 50.9 Å². The molecule has 0 unspecified atom stereocenters. The van der Waals surface area contributed by atoms with E-state index in [1.54, 1.807) is 0 Å². The van der Waals surface area contributed by atoms with Crippen molar-refractivity contribution in [3.05, 3.63) is 58.1 Å². The lowest BCUT2D eigenvalue weighted by molar-refractivity contribution is 0.0374. The van der Waals surface area contributed by atoms with Gasteiger partial charge in [0.2, 0.25) is 0 Å². The summed E-state index contributed by atoms with van der Waals surface area (Å²) in [5, 5.41) is 3.54. The van der Waals surface area contributed by atoms with Crippen molar-refractivity contribution in [2.45, 2.75) is 26.5 Å². The average Bonchev–Trinajstić information content (AvgIpc) is 2.75. The first-order chi connectivity index (χ1) is 14.3. The van der Waals surface area contributed by atoms with Gasteiger partial charge in [-0.25, -0.2) is 0 Å². The van der Waals surface area contributed by atoms with Crippen molar-refractivity contribution in [1.82, 2.24) is 10.2 Å². The molecule has 0 radical (unpaired) electrons. The summed E-state index contributed by atoms with van der Waals surface area (Å²) >= 11 is 3.67. The molecule has 5 nitrogen and oxygen atoms in total. The Labute approximate surface area is 206 Å². The molecule has 2 aromatic carbocycles. The van der Waals surface area contributed by atoms with E-state index in [9.17, 15) is 0 Å². The number of benzene rings is 2. The monoisotopic (exact) mass is 534 g/mol. The van der Waals surface area contributed by atoms with Crippen molar-refractivity contribution in [3.8, 4) is 11.5 Å². The topological polar surface area (TPSA) is 43.0 Å². The van der Waals surface area contributed by atoms with Crippen molar-refractivity contribution in [3.63, 3.8) is 0 Å². The SMILES string of the molecule is CCOc1cc(CNCCCN2CCOCC2)cc(Br)c1OCc1ccccc1.Cl.Cl. The zero-order chi connectivity index (χ0) is 20.3. The van der Waals surface area contributed by atoms with E-state index in [2.05, 4.69) is 50.4 Å². The predicted molar refractivity (Wildman–Crippen MR) is 134 cm³/mol. The molecular weight excluding hydrogens is 503 g/mol. The molecule has 1 N–H and O–H groups in total. The second kappa shape index (κ2) is 15.7. The minimum atomic E-state index is 0. The van der Waals surface area contributed by atoms with Gasteiger partial charge in [-0.2, -0.15) is 0 Å². The van der Waals surface area contributed by atoms with E-state index >= 15 is 0 Å². The highest BCUT2D eigenvalue weighted by atomic mass is 79.9. The predicted octanol–water partition coefficient (Wildman–Crippen LogP) is 5.08. The Kier molecular flexibility index (Phi) is 14.2. The molecule has 8 heteroatoms. The summed E-state index contributed by atoms with van der Waals surface area (Å²) in [5.41, 5.74) is 2.31. The van der Waals surface area contributed by atoms with Crippen LogP contribution in [0.2, 0.25) is 0 Å². The van der Waals surface area contributed by atoms with Gasteiger partial charge in [-0.1, -0.05) is 30.3 Å². The second-order valence-electron chi connectivity index (χ2n) is 7.10. The summed E-state index contributed by atoms with van der Waals surface area (Å²) in [7, 11) is 0. The van der Waals surface area contributed by atoms with Crippen LogP contribution < -0.4 is 14.8 Å². The van der Waals surface area contributed by atoms with E-state index in [0.29, 0.717) is 13.2 Å². The summed E-state index contributed by atoms with van der Waals surface area (Å²) in [6, 6.07) is 14.3. The van der Waals surface area contributed by atoms with E-state index in [4.69, 9.17) is 14.2 Å². The largest absolute Gasteiger partial charge is 0.490 e. The van der Waals surface area contributed by atoms with E-state index in [0.717, 1.165) is 73.9 Å². The van der Waals surface area contributed by atoms with Crippen LogP contribution in [0.1, 0.15) is 24.5 Å². The van der Waals surface area contributed by atoms with Gasteiger partial charge in [-0.05, 0) is 65.6 Å². The van der Waals surface area contributed by atoms with Crippen LogP contribution >= 0.6 is 40.7 Å². The van der Waals surface area contributed by atoms with Gasteiger partial charge in [0.1, 0.15) is 6.61 Å². The lowest BCUT2D eigenvalue weighted by Gasteiger charge is -2.26. The molecule has 31 heavy (non-hydrogen) atoms. The zero-order valence-electron chi connectivity index (χ0n) is 18.0. The Balaban J connectivity index is 0.00000240. The van der Waals surface area contributed by atoms with Gasteiger partial charge in [0.05, 0.1) is 24.3 Å². The lowest BCUT2D eigenvalue weighted by atomic mass is 10.2. The standard InChI is InChI=1S/C23H31BrN2O3.2ClH/c1-2-28-22-16-20(17-25-9-6-10-26-11-13-27-14-12-26)15-21(24)23(22)29-18-19-7-4-3-5-8-19;;/h3-5,7-8,15-16,25H,2,6,9-14,17-18H2,1H3;2*1H. The highest BCUT2D eigenvalue weighted by Gasteiger charge is 2.13. The molecule has 1 saturated heterocycles. The van der Waals surface area contributed by atoms with Gasteiger partial charge < -0.3 is 19.5 Å². The van der Waals surface area contributed by atoms with Crippen molar-refractivity contribution < 1.29 is 14.2 Å². The molecule has 1 aliphatic rings. The minimum Gasteiger partial charge on any atom is -0.490 e. The smallest absolute Gasteiger partial charge is 0.175 e. The van der Waals surface area contributed by atoms with Gasteiger partial charge >= 0.3 is 0 Å². The van der Waals surface area contributed by atoms with E-state index in [1.165, 1.54) is 5.56 Å². The Morgan fingerprint density at radius 3 is 2.48 bits per heavy atom. The highest BCUT2D eigenvalue weighted by Crippen LogP contribution is 2.37. The number of halogens is 3. The van der Waals surface area contributed by atoms with E-state index < -0.39 is 0 Å². The van der Waals surface area contributed by atoms with Gasteiger partial charge in [-0.15, -0.1) is 24.8 Å². The maximum atomic E-state index is 6.06. The number of rotatable bonds is 11. The average molecular weight is 536 g/mol. The number of nitrogens with one attached hydrogen (secondary N) is 1. The molecule has 3 rings (SSSR count). The molecule has 0 aromatic heterocycles. The number of morpholine rings is 1. The molecule has 1 fully saturated rings. The number of hydrogen-bond donors (Lipinski definition) is 1. The molecule has 0 bridgehead atoms. The minimum absolute atomic E-state index is 0. The summed E-state index contributed by atoms with van der Waals surface area (Å²) in [6.07, 6.45) is 1.14. The molecule has 2 aromatic rings. The van der Waals surface area contributed by atoms with E-state index in [-0.39, 0.29) is 24.8 Å². The van der Waals surface area contributed by atoms with Crippen LogP contribution in [0.4, 0.5) is 0 Å². The van der Waals surface area contributed by atoms with Gasteiger partial charge in [0, 0.05) is 19.6 Å².